The third-order valence-electron chi connectivity index (χ3n) is 4.30. The van der Waals surface area contributed by atoms with Crippen LogP contribution in [0.25, 0.3) is 10.9 Å². The Labute approximate surface area is 167 Å². The third kappa shape index (κ3) is 4.48. The van der Waals surface area contributed by atoms with Crippen molar-refractivity contribution in [2.75, 3.05) is 11.1 Å². The molecule has 0 aliphatic heterocycles. The second-order valence-electron chi connectivity index (χ2n) is 6.38. The largest absolute Gasteiger partial charge is 0.325 e. The summed E-state index contributed by atoms with van der Waals surface area (Å²) < 4.78 is 1.54. The van der Waals surface area contributed by atoms with E-state index in [2.05, 4.69) is 10.3 Å². The number of hydrogen-bond donors (Lipinski definition) is 1. The highest BCUT2D eigenvalue weighted by Crippen LogP contribution is 2.19. The highest BCUT2D eigenvalue weighted by Gasteiger charge is 2.11. The fourth-order valence-corrected chi connectivity index (χ4v) is 3.75. The number of thioether (sulfide) groups is 1. The van der Waals surface area contributed by atoms with Crippen LogP contribution in [0, 0.1) is 0 Å². The zero-order valence-electron chi connectivity index (χ0n) is 15.8. The third-order valence-corrected chi connectivity index (χ3v) is 5.42. The second kappa shape index (κ2) is 8.84. The van der Waals surface area contributed by atoms with Crippen LogP contribution < -0.4 is 10.9 Å². The van der Waals surface area contributed by atoms with Crippen LogP contribution in [-0.2, 0) is 11.8 Å². The number of rotatable bonds is 7. The summed E-state index contributed by atoms with van der Waals surface area (Å²) in [5.74, 6) is 0.421. The molecule has 7 heteroatoms. The van der Waals surface area contributed by atoms with Gasteiger partial charge in [0.2, 0.25) is 5.91 Å². The fourth-order valence-electron chi connectivity index (χ4n) is 2.83. The maximum Gasteiger partial charge on any atom is 0.261 e. The maximum absolute atomic E-state index is 12.4. The number of nitrogens with one attached hydrogen (secondary N) is 1. The minimum absolute atomic E-state index is 0.0771. The molecule has 0 unspecified atom stereocenters. The predicted octanol–water partition coefficient (Wildman–Crippen LogP) is 3.65. The molecule has 3 rings (SSSR count). The van der Waals surface area contributed by atoms with Gasteiger partial charge in [-0.25, -0.2) is 4.98 Å². The number of aromatic nitrogens is 2. The van der Waals surface area contributed by atoms with Crippen molar-refractivity contribution in [3.05, 3.63) is 64.4 Å². The minimum Gasteiger partial charge on any atom is -0.325 e. The second-order valence-corrected chi connectivity index (χ2v) is 7.44. The molecule has 1 N–H and O–H groups in total. The summed E-state index contributed by atoms with van der Waals surface area (Å²) in [5.41, 5.74) is 1.63. The van der Waals surface area contributed by atoms with Crippen LogP contribution in [0.2, 0.25) is 0 Å². The first-order chi connectivity index (χ1) is 13.5. The molecule has 1 aromatic heterocycles. The molecule has 144 valence electrons. The van der Waals surface area contributed by atoms with E-state index < -0.39 is 0 Å². The predicted molar refractivity (Wildman–Crippen MR) is 112 cm³/mol. The van der Waals surface area contributed by atoms with E-state index in [4.69, 9.17) is 0 Å². The lowest BCUT2D eigenvalue weighted by Crippen LogP contribution is -2.20. The van der Waals surface area contributed by atoms with Gasteiger partial charge in [0.15, 0.2) is 10.9 Å². The van der Waals surface area contributed by atoms with Crippen LogP contribution >= 0.6 is 11.8 Å². The van der Waals surface area contributed by atoms with Crippen molar-refractivity contribution < 1.29 is 9.59 Å². The Bertz CT molecular complexity index is 1090. The van der Waals surface area contributed by atoms with Gasteiger partial charge in [0.05, 0.1) is 16.6 Å². The van der Waals surface area contributed by atoms with Crippen LogP contribution in [0.5, 0.6) is 0 Å². The number of carbonyl (C=O) groups excluding carboxylic acids is 2. The molecule has 0 fully saturated rings. The van der Waals surface area contributed by atoms with Crippen LogP contribution in [-0.4, -0.2) is 27.0 Å². The lowest BCUT2D eigenvalue weighted by atomic mass is 10.1. The highest BCUT2D eigenvalue weighted by molar-refractivity contribution is 7.99. The first-order valence-electron chi connectivity index (χ1n) is 8.96. The Balaban J connectivity index is 1.57. The molecule has 0 aliphatic rings. The van der Waals surface area contributed by atoms with E-state index in [1.54, 1.807) is 37.4 Å². The van der Waals surface area contributed by atoms with E-state index in [-0.39, 0.29) is 17.2 Å². The zero-order valence-corrected chi connectivity index (χ0v) is 16.6. The molecule has 2 aromatic carbocycles. The molecule has 3 aromatic rings. The standard InChI is InChI=1S/C21H21N3O3S/c1-14(25)15-8-3-5-10-17(15)22-19(26)12-7-13-28-21-23-18-11-6-4-9-16(18)20(27)24(21)2/h3-6,8-11H,7,12-13H2,1-2H3,(H,22,26). The van der Waals surface area contributed by atoms with Gasteiger partial charge < -0.3 is 5.32 Å². The van der Waals surface area contributed by atoms with E-state index in [1.807, 2.05) is 18.2 Å². The van der Waals surface area contributed by atoms with Gasteiger partial charge in [0.25, 0.3) is 5.56 Å². The summed E-state index contributed by atoms with van der Waals surface area (Å²) in [6.07, 6.45) is 0.947. The van der Waals surface area contributed by atoms with Crippen molar-refractivity contribution in [3.8, 4) is 0 Å². The number of hydrogen-bond acceptors (Lipinski definition) is 5. The first-order valence-corrected chi connectivity index (χ1v) is 9.94. The summed E-state index contributed by atoms with van der Waals surface area (Å²) in [5, 5.41) is 4.02. The Kier molecular flexibility index (Phi) is 6.26. The Morgan fingerprint density at radius 2 is 1.82 bits per heavy atom. The number of Topliss-reactive ketones (excluding diaryl/α,β-unsaturated/α-hetero) is 1. The lowest BCUT2D eigenvalue weighted by molar-refractivity contribution is -0.116. The van der Waals surface area contributed by atoms with E-state index in [9.17, 15) is 14.4 Å². The van der Waals surface area contributed by atoms with Crippen LogP contribution in [0.4, 0.5) is 5.69 Å². The molecule has 0 atom stereocenters. The number of benzene rings is 2. The molecule has 1 heterocycles. The summed E-state index contributed by atoms with van der Waals surface area (Å²) in [6.45, 7) is 1.47. The van der Waals surface area contributed by atoms with Crippen molar-refractivity contribution in [2.24, 2.45) is 7.05 Å². The van der Waals surface area contributed by atoms with Gasteiger partial charge in [-0.15, -0.1) is 0 Å². The quantitative estimate of drug-likeness (QED) is 0.286. The number of carbonyl (C=O) groups is 2. The average Bonchev–Trinajstić information content (AvgIpc) is 2.69. The van der Waals surface area contributed by atoms with E-state index in [1.165, 1.54) is 23.3 Å². The van der Waals surface area contributed by atoms with E-state index in [0.717, 1.165) is 0 Å². The van der Waals surface area contributed by atoms with Crippen molar-refractivity contribution in [1.29, 1.82) is 0 Å². The molecule has 0 radical (unpaired) electrons. The number of fused-ring (bicyclic) bond motifs is 1. The molecule has 0 spiro atoms. The lowest BCUT2D eigenvalue weighted by Gasteiger charge is -2.10. The molecule has 28 heavy (non-hydrogen) atoms. The number of nitrogens with zero attached hydrogens (tertiary/aromatic N) is 2. The van der Waals surface area contributed by atoms with Gasteiger partial charge in [0.1, 0.15) is 0 Å². The molecule has 0 bridgehead atoms. The Hall–Kier alpha value is -2.93. The van der Waals surface area contributed by atoms with Crippen molar-refractivity contribution in [2.45, 2.75) is 24.9 Å². The summed E-state index contributed by atoms with van der Waals surface area (Å²) in [6, 6.07) is 14.2. The van der Waals surface area contributed by atoms with Crippen LogP contribution in [0.3, 0.4) is 0 Å². The number of para-hydroxylation sites is 2. The smallest absolute Gasteiger partial charge is 0.261 e. The minimum atomic E-state index is -0.144. The average molecular weight is 395 g/mol. The monoisotopic (exact) mass is 395 g/mol. The van der Waals surface area contributed by atoms with Gasteiger partial charge in [-0.2, -0.15) is 0 Å². The molecule has 6 nitrogen and oxygen atoms in total. The van der Waals surface area contributed by atoms with Crippen molar-refractivity contribution in [3.63, 3.8) is 0 Å². The topological polar surface area (TPSA) is 81.1 Å². The maximum atomic E-state index is 12.4. The number of anilines is 1. The molecule has 0 saturated carbocycles. The Morgan fingerprint density at radius 1 is 1.11 bits per heavy atom. The number of amides is 1. The van der Waals surface area contributed by atoms with Gasteiger partial charge in [-0.3, -0.25) is 19.0 Å². The van der Waals surface area contributed by atoms with E-state index in [0.29, 0.717) is 45.9 Å². The molecule has 1 amide bonds. The fraction of sp³-hybridized carbons (Fsp3) is 0.238. The van der Waals surface area contributed by atoms with E-state index >= 15 is 0 Å². The normalized spacial score (nSPS) is 10.8. The summed E-state index contributed by atoms with van der Waals surface area (Å²) in [7, 11) is 1.70. The van der Waals surface area contributed by atoms with Gasteiger partial charge in [-0.1, -0.05) is 36.0 Å². The zero-order chi connectivity index (χ0) is 20.1. The molecule has 0 aliphatic carbocycles. The van der Waals surface area contributed by atoms with Gasteiger partial charge in [-0.05, 0) is 37.6 Å². The van der Waals surface area contributed by atoms with Crippen LogP contribution in [0.15, 0.2) is 58.5 Å². The van der Waals surface area contributed by atoms with Gasteiger partial charge in [0, 0.05) is 24.8 Å². The summed E-state index contributed by atoms with van der Waals surface area (Å²) in [4.78, 5) is 40.8. The summed E-state index contributed by atoms with van der Waals surface area (Å²) >= 11 is 1.45. The highest BCUT2D eigenvalue weighted by atomic mass is 32.2. The SMILES string of the molecule is CC(=O)c1ccccc1NC(=O)CCCSc1nc2ccccc2c(=O)n1C. The molecular formula is C21H21N3O3S. The van der Waals surface area contributed by atoms with Crippen molar-refractivity contribution >= 4 is 40.0 Å². The van der Waals surface area contributed by atoms with Gasteiger partial charge >= 0.3 is 0 Å². The van der Waals surface area contributed by atoms with Crippen LogP contribution in [0.1, 0.15) is 30.1 Å². The van der Waals surface area contributed by atoms with Crippen molar-refractivity contribution in [1.82, 2.24) is 9.55 Å². The number of ketones is 1. The first kappa shape index (κ1) is 19.8. The Morgan fingerprint density at radius 3 is 2.61 bits per heavy atom. The molecular weight excluding hydrogens is 374 g/mol. The molecule has 0 saturated heterocycles.